The highest BCUT2D eigenvalue weighted by molar-refractivity contribution is 5.94. The maximum atomic E-state index is 12.5. The molecule has 0 aromatic heterocycles. The van der Waals surface area contributed by atoms with Crippen molar-refractivity contribution in [2.45, 2.75) is 26.3 Å². The highest BCUT2D eigenvalue weighted by atomic mass is 16.5. The summed E-state index contributed by atoms with van der Waals surface area (Å²) in [4.78, 5) is 36.4. The van der Waals surface area contributed by atoms with Gasteiger partial charge in [0.2, 0.25) is 0 Å². The van der Waals surface area contributed by atoms with Crippen molar-refractivity contribution in [2.24, 2.45) is 5.92 Å². The monoisotopic (exact) mass is 382 g/mol. The van der Waals surface area contributed by atoms with Crippen LogP contribution in [-0.4, -0.2) is 30.9 Å². The number of carbonyl (C=O) groups excluding carboxylic acids is 3. The zero-order chi connectivity index (χ0) is 20.4. The summed E-state index contributed by atoms with van der Waals surface area (Å²) >= 11 is 0. The summed E-state index contributed by atoms with van der Waals surface area (Å²) in [7, 11) is 0. The normalized spacial score (nSPS) is 11.5. The van der Waals surface area contributed by atoms with Gasteiger partial charge >= 0.3 is 5.97 Å². The highest BCUT2D eigenvalue weighted by Gasteiger charge is 2.20. The third-order valence-electron chi connectivity index (χ3n) is 3.99. The van der Waals surface area contributed by atoms with Gasteiger partial charge < -0.3 is 15.4 Å². The molecule has 6 nitrogen and oxygen atoms in total. The lowest BCUT2D eigenvalue weighted by atomic mass is 10.0. The minimum Gasteiger partial charge on any atom is -0.456 e. The van der Waals surface area contributed by atoms with E-state index in [-0.39, 0.29) is 24.8 Å². The number of esters is 1. The van der Waals surface area contributed by atoms with Crippen LogP contribution in [0.1, 0.15) is 42.2 Å². The maximum Gasteiger partial charge on any atom is 0.308 e. The Morgan fingerprint density at radius 2 is 1.54 bits per heavy atom. The van der Waals surface area contributed by atoms with Gasteiger partial charge in [-0.15, -0.1) is 0 Å². The molecule has 0 fully saturated rings. The average Bonchev–Trinajstić information content (AvgIpc) is 2.71. The van der Waals surface area contributed by atoms with Gasteiger partial charge in [0, 0.05) is 12.1 Å². The molecule has 2 rings (SSSR count). The second kappa shape index (κ2) is 10.9. The zero-order valence-corrected chi connectivity index (χ0v) is 16.2. The summed E-state index contributed by atoms with van der Waals surface area (Å²) in [6.45, 7) is 4.15. The van der Waals surface area contributed by atoms with Crippen molar-refractivity contribution in [3.63, 3.8) is 0 Å². The molecule has 28 heavy (non-hydrogen) atoms. The predicted molar refractivity (Wildman–Crippen MR) is 107 cm³/mol. The molecule has 2 amide bonds. The van der Waals surface area contributed by atoms with Crippen molar-refractivity contribution in [1.29, 1.82) is 0 Å². The summed E-state index contributed by atoms with van der Waals surface area (Å²) in [5, 5.41) is 5.56. The lowest BCUT2D eigenvalue weighted by molar-refractivity contribution is -0.149. The van der Waals surface area contributed by atoms with Gasteiger partial charge in [-0.3, -0.25) is 14.4 Å². The van der Waals surface area contributed by atoms with Gasteiger partial charge in [-0.2, -0.15) is 0 Å². The van der Waals surface area contributed by atoms with Crippen LogP contribution < -0.4 is 10.6 Å². The molecule has 0 unspecified atom stereocenters. The molecule has 0 spiro atoms. The predicted octanol–water partition coefficient (Wildman–Crippen LogP) is 2.86. The number of nitrogens with one attached hydrogen (secondary N) is 2. The van der Waals surface area contributed by atoms with Crippen molar-refractivity contribution in [1.82, 2.24) is 10.6 Å². The molecule has 0 aliphatic carbocycles. The third-order valence-corrected chi connectivity index (χ3v) is 3.99. The number of carbonyl (C=O) groups is 3. The molecule has 0 aliphatic rings. The van der Waals surface area contributed by atoms with Gasteiger partial charge in [0.1, 0.15) is 0 Å². The second-order valence-corrected chi connectivity index (χ2v) is 6.87. The summed E-state index contributed by atoms with van der Waals surface area (Å²) in [5.41, 5.74) is 1.29. The van der Waals surface area contributed by atoms with E-state index < -0.39 is 12.0 Å². The Labute approximate surface area is 165 Å². The van der Waals surface area contributed by atoms with Crippen LogP contribution >= 0.6 is 0 Å². The van der Waals surface area contributed by atoms with E-state index >= 15 is 0 Å². The average molecular weight is 382 g/mol. The van der Waals surface area contributed by atoms with E-state index in [1.807, 2.05) is 50.2 Å². The van der Waals surface area contributed by atoms with Crippen LogP contribution in [0.3, 0.4) is 0 Å². The zero-order valence-electron chi connectivity index (χ0n) is 16.2. The van der Waals surface area contributed by atoms with Crippen LogP contribution in [-0.2, 0) is 14.3 Å². The minimum atomic E-state index is -0.555. The van der Waals surface area contributed by atoms with Gasteiger partial charge in [-0.05, 0) is 23.6 Å². The lowest BCUT2D eigenvalue weighted by Gasteiger charge is -2.19. The fourth-order valence-corrected chi connectivity index (χ4v) is 2.51. The van der Waals surface area contributed by atoms with Crippen molar-refractivity contribution >= 4 is 17.8 Å². The minimum absolute atomic E-state index is 0.0694. The first-order valence-corrected chi connectivity index (χ1v) is 9.29. The molecule has 0 aliphatic heterocycles. The summed E-state index contributed by atoms with van der Waals surface area (Å²) in [6, 6.07) is 17.4. The number of rotatable bonds is 9. The van der Waals surface area contributed by atoms with Gasteiger partial charge in [-0.25, -0.2) is 0 Å². The van der Waals surface area contributed by atoms with E-state index in [2.05, 4.69) is 10.6 Å². The fraction of sp³-hybridized carbons (Fsp3) is 0.318. The summed E-state index contributed by atoms with van der Waals surface area (Å²) in [5.74, 6) is -0.860. The SMILES string of the molecule is CC(C)CNC(=O)COC(=O)C[C@H](NC(=O)c1ccccc1)c1ccccc1. The van der Waals surface area contributed by atoms with E-state index in [4.69, 9.17) is 4.74 Å². The van der Waals surface area contributed by atoms with Gasteiger partial charge in [0.05, 0.1) is 12.5 Å². The Morgan fingerprint density at radius 3 is 2.14 bits per heavy atom. The van der Waals surface area contributed by atoms with Crippen molar-refractivity contribution in [3.05, 3.63) is 71.8 Å². The van der Waals surface area contributed by atoms with E-state index in [1.54, 1.807) is 24.3 Å². The fourth-order valence-electron chi connectivity index (χ4n) is 2.51. The molecule has 2 aromatic rings. The van der Waals surface area contributed by atoms with Crippen molar-refractivity contribution in [2.75, 3.05) is 13.2 Å². The number of hydrogen-bond donors (Lipinski definition) is 2. The molecule has 0 saturated heterocycles. The lowest BCUT2D eigenvalue weighted by Crippen LogP contribution is -2.33. The Morgan fingerprint density at radius 1 is 0.929 bits per heavy atom. The molecular formula is C22H26N2O4. The van der Waals surface area contributed by atoms with Crippen LogP contribution in [0.4, 0.5) is 0 Å². The van der Waals surface area contributed by atoms with Crippen LogP contribution in [0.5, 0.6) is 0 Å². The Kier molecular flexibility index (Phi) is 8.21. The van der Waals surface area contributed by atoms with Crippen LogP contribution in [0.2, 0.25) is 0 Å². The molecule has 2 N–H and O–H groups in total. The standard InChI is InChI=1S/C22H26N2O4/c1-16(2)14-23-20(25)15-28-21(26)13-19(17-9-5-3-6-10-17)24-22(27)18-11-7-4-8-12-18/h3-12,16,19H,13-15H2,1-2H3,(H,23,25)(H,24,27)/t19-/m0/s1. The molecular weight excluding hydrogens is 356 g/mol. The number of hydrogen-bond acceptors (Lipinski definition) is 4. The second-order valence-electron chi connectivity index (χ2n) is 6.87. The molecule has 0 heterocycles. The van der Waals surface area contributed by atoms with E-state index in [9.17, 15) is 14.4 Å². The smallest absolute Gasteiger partial charge is 0.308 e. The Hall–Kier alpha value is -3.15. The summed E-state index contributed by atoms with van der Waals surface area (Å²) < 4.78 is 5.07. The number of ether oxygens (including phenoxy) is 1. The first-order chi connectivity index (χ1) is 13.5. The molecule has 2 aromatic carbocycles. The molecule has 6 heteroatoms. The van der Waals surface area contributed by atoms with Gasteiger partial charge in [0.25, 0.3) is 11.8 Å². The number of benzene rings is 2. The van der Waals surface area contributed by atoms with Crippen molar-refractivity contribution < 1.29 is 19.1 Å². The van der Waals surface area contributed by atoms with Crippen LogP contribution in [0, 0.1) is 5.92 Å². The maximum absolute atomic E-state index is 12.5. The van der Waals surface area contributed by atoms with E-state index in [1.165, 1.54) is 0 Å². The third kappa shape index (κ3) is 7.23. The Balaban J connectivity index is 1.97. The largest absolute Gasteiger partial charge is 0.456 e. The van der Waals surface area contributed by atoms with Crippen LogP contribution in [0.15, 0.2) is 60.7 Å². The molecule has 0 saturated carbocycles. The Bertz CT molecular complexity index is 776. The molecule has 0 radical (unpaired) electrons. The van der Waals surface area contributed by atoms with E-state index in [0.29, 0.717) is 18.0 Å². The molecule has 0 bridgehead atoms. The van der Waals surface area contributed by atoms with E-state index in [0.717, 1.165) is 5.56 Å². The topological polar surface area (TPSA) is 84.5 Å². The van der Waals surface area contributed by atoms with Gasteiger partial charge in [0.15, 0.2) is 6.61 Å². The van der Waals surface area contributed by atoms with Crippen molar-refractivity contribution in [3.8, 4) is 0 Å². The summed E-state index contributed by atoms with van der Waals surface area (Å²) in [6.07, 6.45) is -0.0694. The van der Waals surface area contributed by atoms with Crippen LogP contribution in [0.25, 0.3) is 0 Å². The quantitative estimate of drug-likeness (QED) is 0.653. The first-order valence-electron chi connectivity index (χ1n) is 9.29. The highest BCUT2D eigenvalue weighted by Crippen LogP contribution is 2.18. The van der Waals surface area contributed by atoms with Gasteiger partial charge in [-0.1, -0.05) is 62.4 Å². The molecule has 148 valence electrons. The number of amides is 2. The molecule has 1 atom stereocenters. The first kappa shape index (κ1) is 21.2.